The Bertz CT molecular complexity index is 589. The number of nitrogens with one attached hydrogen (secondary N) is 1. The van der Waals surface area contributed by atoms with Gasteiger partial charge in [-0.15, -0.1) is 0 Å². The topological polar surface area (TPSA) is 98.5 Å². The van der Waals surface area contributed by atoms with E-state index >= 15 is 0 Å². The van der Waals surface area contributed by atoms with Gasteiger partial charge in [-0.2, -0.15) is 4.72 Å². The van der Waals surface area contributed by atoms with Gasteiger partial charge in [0.05, 0.1) is 6.61 Å². The molecule has 3 N–H and O–H groups in total. The molecule has 9 heteroatoms. The highest BCUT2D eigenvalue weighted by atomic mass is 32.2. The molecule has 0 aliphatic carbocycles. The van der Waals surface area contributed by atoms with E-state index in [9.17, 15) is 22.0 Å². The van der Waals surface area contributed by atoms with E-state index in [0.29, 0.717) is 6.07 Å². The minimum Gasteiger partial charge on any atom is -0.465 e. The lowest BCUT2D eigenvalue weighted by Crippen LogP contribution is -2.31. The van der Waals surface area contributed by atoms with Crippen molar-refractivity contribution < 1.29 is 26.7 Å². The molecule has 0 fully saturated rings. The van der Waals surface area contributed by atoms with Crippen LogP contribution < -0.4 is 10.5 Å². The summed E-state index contributed by atoms with van der Waals surface area (Å²) in [6, 6.07) is 1.44. The highest BCUT2D eigenvalue weighted by Gasteiger charge is 2.23. The number of hydrogen-bond donors (Lipinski definition) is 2. The standard InChI is InChI=1S/C10H12F2N2O4S/c1-2-18-8(15)5-14-19(16,17)7-4-3-6(11)10(13)9(7)12/h3-4,14H,2,5,13H2,1H3. The lowest BCUT2D eigenvalue weighted by molar-refractivity contribution is -0.141. The number of carbonyl (C=O) groups is 1. The van der Waals surface area contributed by atoms with Crippen molar-refractivity contribution in [3.63, 3.8) is 0 Å². The summed E-state index contributed by atoms with van der Waals surface area (Å²) in [6.07, 6.45) is 0. The quantitative estimate of drug-likeness (QED) is 0.604. The van der Waals surface area contributed by atoms with E-state index in [-0.39, 0.29) is 6.61 Å². The van der Waals surface area contributed by atoms with E-state index in [4.69, 9.17) is 5.73 Å². The number of nitrogen functional groups attached to an aromatic ring is 1. The van der Waals surface area contributed by atoms with Gasteiger partial charge in [0.1, 0.15) is 22.9 Å². The van der Waals surface area contributed by atoms with Crippen LogP contribution in [-0.4, -0.2) is 27.5 Å². The SMILES string of the molecule is CCOC(=O)CNS(=O)(=O)c1ccc(F)c(N)c1F. The van der Waals surface area contributed by atoms with Gasteiger partial charge in [-0.1, -0.05) is 0 Å². The third-order valence-electron chi connectivity index (χ3n) is 2.09. The fourth-order valence-electron chi connectivity index (χ4n) is 1.20. The molecule has 0 aromatic heterocycles. The molecule has 0 aliphatic heterocycles. The molecule has 0 heterocycles. The number of anilines is 1. The number of ether oxygens (including phenoxy) is 1. The molecule has 1 aromatic rings. The molecular weight excluding hydrogens is 282 g/mol. The predicted octanol–water partition coefficient (Wildman–Crippen LogP) is 0.388. The zero-order chi connectivity index (χ0) is 14.6. The highest BCUT2D eigenvalue weighted by molar-refractivity contribution is 7.89. The number of carbonyl (C=O) groups excluding carboxylic acids is 1. The third kappa shape index (κ3) is 3.61. The van der Waals surface area contributed by atoms with Gasteiger partial charge in [-0.3, -0.25) is 4.79 Å². The van der Waals surface area contributed by atoms with Crippen molar-refractivity contribution in [1.82, 2.24) is 4.72 Å². The minimum absolute atomic E-state index is 0.0818. The Hall–Kier alpha value is -1.74. The van der Waals surface area contributed by atoms with E-state index in [0.717, 1.165) is 6.07 Å². The summed E-state index contributed by atoms with van der Waals surface area (Å²) in [5, 5.41) is 0. The summed E-state index contributed by atoms with van der Waals surface area (Å²) in [6.45, 7) is 0.970. The van der Waals surface area contributed by atoms with Crippen LogP contribution >= 0.6 is 0 Å². The van der Waals surface area contributed by atoms with Crippen LogP contribution in [0.2, 0.25) is 0 Å². The molecule has 1 rings (SSSR count). The van der Waals surface area contributed by atoms with Crippen molar-refractivity contribution >= 4 is 21.7 Å². The molecule has 19 heavy (non-hydrogen) atoms. The van der Waals surface area contributed by atoms with E-state index in [1.54, 1.807) is 6.92 Å². The Morgan fingerprint density at radius 1 is 1.42 bits per heavy atom. The zero-order valence-electron chi connectivity index (χ0n) is 9.94. The van der Waals surface area contributed by atoms with Crippen LogP contribution in [0.15, 0.2) is 17.0 Å². The fraction of sp³-hybridized carbons (Fsp3) is 0.300. The maximum absolute atomic E-state index is 13.5. The molecule has 0 saturated carbocycles. The van der Waals surface area contributed by atoms with Gasteiger partial charge in [-0.05, 0) is 19.1 Å². The number of sulfonamides is 1. The summed E-state index contributed by atoms with van der Waals surface area (Å²) in [4.78, 5) is 10.2. The number of rotatable bonds is 5. The van der Waals surface area contributed by atoms with Crippen LogP contribution in [0.1, 0.15) is 6.92 Å². The molecular formula is C10H12F2N2O4S. The highest BCUT2D eigenvalue weighted by Crippen LogP contribution is 2.22. The van der Waals surface area contributed by atoms with Crippen molar-refractivity contribution in [1.29, 1.82) is 0 Å². The molecule has 6 nitrogen and oxygen atoms in total. The summed E-state index contributed by atoms with van der Waals surface area (Å²) in [7, 11) is -4.32. The summed E-state index contributed by atoms with van der Waals surface area (Å²) >= 11 is 0. The summed E-state index contributed by atoms with van der Waals surface area (Å²) in [5.41, 5.74) is 4.15. The Morgan fingerprint density at radius 3 is 2.63 bits per heavy atom. The second kappa shape index (κ2) is 5.93. The predicted molar refractivity (Wildman–Crippen MR) is 62.6 cm³/mol. The van der Waals surface area contributed by atoms with Crippen LogP contribution in [0.3, 0.4) is 0 Å². The Balaban J connectivity index is 2.96. The average molecular weight is 294 g/mol. The maximum atomic E-state index is 13.5. The number of esters is 1. The molecule has 1 aromatic carbocycles. The Morgan fingerprint density at radius 2 is 2.05 bits per heavy atom. The van der Waals surface area contributed by atoms with Gasteiger partial charge in [0.15, 0.2) is 5.82 Å². The molecule has 106 valence electrons. The maximum Gasteiger partial charge on any atom is 0.321 e. The fourth-order valence-corrected chi connectivity index (χ4v) is 2.26. The number of benzene rings is 1. The van der Waals surface area contributed by atoms with Gasteiger partial charge < -0.3 is 10.5 Å². The first-order valence-corrected chi connectivity index (χ1v) is 6.66. The van der Waals surface area contributed by atoms with Crippen molar-refractivity contribution in [3.05, 3.63) is 23.8 Å². The van der Waals surface area contributed by atoms with Gasteiger partial charge >= 0.3 is 5.97 Å². The van der Waals surface area contributed by atoms with Crippen LogP contribution in [-0.2, 0) is 19.6 Å². The normalized spacial score (nSPS) is 11.3. The van der Waals surface area contributed by atoms with Crippen molar-refractivity contribution in [2.45, 2.75) is 11.8 Å². The molecule has 0 radical (unpaired) electrons. The summed E-state index contributed by atoms with van der Waals surface area (Å²) < 4.78 is 56.1. The van der Waals surface area contributed by atoms with E-state index in [1.165, 1.54) is 0 Å². The number of halogens is 2. The molecule has 0 atom stereocenters. The number of nitrogens with two attached hydrogens (primary N) is 1. The van der Waals surface area contributed by atoms with Crippen molar-refractivity contribution in [2.75, 3.05) is 18.9 Å². The van der Waals surface area contributed by atoms with E-state index < -0.39 is 44.8 Å². The van der Waals surface area contributed by atoms with Crippen LogP contribution in [0.4, 0.5) is 14.5 Å². The molecule has 0 aliphatic rings. The third-order valence-corrected chi connectivity index (χ3v) is 3.51. The monoisotopic (exact) mass is 294 g/mol. The molecule has 0 spiro atoms. The van der Waals surface area contributed by atoms with Crippen LogP contribution in [0.5, 0.6) is 0 Å². The van der Waals surface area contributed by atoms with E-state index in [2.05, 4.69) is 4.74 Å². The lowest BCUT2D eigenvalue weighted by atomic mass is 10.3. The van der Waals surface area contributed by atoms with Gasteiger partial charge in [0.25, 0.3) is 0 Å². The first-order chi connectivity index (χ1) is 8.79. The van der Waals surface area contributed by atoms with E-state index in [1.807, 2.05) is 4.72 Å². The largest absolute Gasteiger partial charge is 0.465 e. The Kier molecular flexibility index (Phi) is 4.78. The summed E-state index contributed by atoms with van der Waals surface area (Å²) in [5.74, 6) is -3.29. The van der Waals surface area contributed by atoms with Gasteiger partial charge in [0, 0.05) is 0 Å². The second-order valence-electron chi connectivity index (χ2n) is 3.40. The van der Waals surface area contributed by atoms with Crippen LogP contribution in [0, 0.1) is 11.6 Å². The van der Waals surface area contributed by atoms with Crippen molar-refractivity contribution in [3.8, 4) is 0 Å². The van der Waals surface area contributed by atoms with Crippen LogP contribution in [0.25, 0.3) is 0 Å². The lowest BCUT2D eigenvalue weighted by Gasteiger charge is -2.08. The molecule has 0 unspecified atom stereocenters. The van der Waals surface area contributed by atoms with Crippen molar-refractivity contribution in [2.24, 2.45) is 0 Å². The number of hydrogen-bond acceptors (Lipinski definition) is 5. The average Bonchev–Trinajstić information content (AvgIpc) is 2.34. The first-order valence-electron chi connectivity index (χ1n) is 5.18. The second-order valence-corrected chi connectivity index (χ2v) is 5.14. The minimum atomic E-state index is -4.32. The zero-order valence-corrected chi connectivity index (χ0v) is 10.8. The van der Waals surface area contributed by atoms with Gasteiger partial charge in [-0.25, -0.2) is 17.2 Å². The first kappa shape index (κ1) is 15.3. The molecule has 0 bridgehead atoms. The van der Waals surface area contributed by atoms with Gasteiger partial charge in [0.2, 0.25) is 10.0 Å². The molecule has 0 amide bonds. The smallest absolute Gasteiger partial charge is 0.321 e. The Labute approximate surface area is 108 Å². The molecule has 0 saturated heterocycles.